The summed E-state index contributed by atoms with van der Waals surface area (Å²) in [7, 11) is 0. The molecule has 0 aromatic heterocycles. The van der Waals surface area contributed by atoms with Crippen molar-refractivity contribution in [1.29, 1.82) is 0 Å². The molecule has 22 heavy (non-hydrogen) atoms. The summed E-state index contributed by atoms with van der Waals surface area (Å²) in [5.74, 6) is 0. The van der Waals surface area contributed by atoms with Crippen LogP contribution >= 0.6 is 0 Å². The molecule has 0 bridgehead atoms. The summed E-state index contributed by atoms with van der Waals surface area (Å²) in [6, 6.07) is 32.8. The molecule has 3 aromatic carbocycles. The van der Waals surface area contributed by atoms with Crippen molar-refractivity contribution in [1.82, 2.24) is 0 Å². The van der Waals surface area contributed by atoms with Crippen LogP contribution in [-0.4, -0.2) is 0 Å². The normalized spacial score (nSPS) is 8.82. The minimum Gasteiger partial charge on any atom is -0.0651 e. The number of hydrogen-bond donors (Lipinski definition) is 0. The highest BCUT2D eigenvalue weighted by atomic mass is 13.9. The Morgan fingerprint density at radius 2 is 0.909 bits per heavy atom. The lowest BCUT2D eigenvalue weighted by molar-refractivity contribution is 0.922. The van der Waals surface area contributed by atoms with E-state index in [0.29, 0.717) is 0 Å². The largest absolute Gasteiger partial charge is 0.0651 e. The zero-order valence-corrected chi connectivity index (χ0v) is 13.7. The Hall–Kier alpha value is -2.34. The lowest BCUT2D eigenvalue weighted by Crippen LogP contribution is -1.78. The van der Waals surface area contributed by atoms with E-state index in [0.717, 1.165) is 0 Å². The molecule has 3 rings (SSSR count). The molecule has 0 nitrogen and oxygen atoms in total. The molecule has 0 atom stereocenters. The van der Waals surface area contributed by atoms with Crippen molar-refractivity contribution in [2.75, 3.05) is 0 Å². The average molecular weight is 290 g/mol. The van der Waals surface area contributed by atoms with Gasteiger partial charge in [-0.25, -0.2) is 0 Å². The van der Waals surface area contributed by atoms with Gasteiger partial charge in [0.25, 0.3) is 0 Å². The number of hydrogen-bond acceptors (Lipinski definition) is 0. The van der Waals surface area contributed by atoms with E-state index in [1.54, 1.807) is 0 Å². The lowest BCUT2D eigenvalue weighted by atomic mass is 10.1. The fourth-order valence-corrected chi connectivity index (χ4v) is 1.85. The van der Waals surface area contributed by atoms with Crippen LogP contribution in [0.3, 0.4) is 0 Å². The van der Waals surface area contributed by atoms with Crippen molar-refractivity contribution >= 4 is 0 Å². The van der Waals surface area contributed by atoms with Gasteiger partial charge in [-0.05, 0) is 18.9 Å². The molecular weight excluding hydrogens is 264 g/mol. The number of aryl methyl sites for hydroxylation is 2. The first kappa shape index (κ1) is 17.7. The van der Waals surface area contributed by atoms with Gasteiger partial charge < -0.3 is 0 Å². The van der Waals surface area contributed by atoms with Gasteiger partial charge in [0.15, 0.2) is 0 Å². The molecule has 0 N–H and O–H groups in total. The molecule has 0 spiro atoms. The van der Waals surface area contributed by atoms with Crippen LogP contribution in [0.4, 0.5) is 0 Å². The van der Waals surface area contributed by atoms with Crippen LogP contribution in [-0.2, 0) is 6.42 Å². The summed E-state index contributed by atoms with van der Waals surface area (Å²) in [5, 5.41) is 0. The second-order valence-electron chi connectivity index (χ2n) is 5.04. The van der Waals surface area contributed by atoms with Crippen molar-refractivity contribution in [3.05, 3.63) is 108 Å². The summed E-state index contributed by atoms with van der Waals surface area (Å²) in [4.78, 5) is 0. The Balaban J connectivity index is 0.000000169. The Morgan fingerprint density at radius 1 is 0.545 bits per heavy atom. The van der Waals surface area contributed by atoms with E-state index < -0.39 is 0 Å². The van der Waals surface area contributed by atoms with Gasteiger partial charge in [-0.1, -0.05) is 116 Å². The third-order valence-corrected chi connectivity index (χ3v) is 2.99. The quantitative estimate of drug-likeness (QED) is 0.518. The van der Waals surface area contributed by atoms with Crippen LogP contribution in [0.15, 0.2) is 97.1 Å². The average Bonchev–Trinajstić information content (AvgIpc) is 2.60. The van der Waals surface area contributed by atoms with Gasteiger partial charge in [0, 0.05) is 0 Å². The predicted molar refractivity (Wildman–Crippen MR) is 98.1 cm³/mol. The monoisotopic (exact) mass is 290 g/mol. The van der Waals surface area contributed by atoms with E-state index in [-0.39, 0.29) is 0 Å². The fourth-order valence-electron chi connectivity index (χ4n) is 1.85. The molecule has 3 aromatic rings. The molecule has 114 valence electrons. The fraction of sp³-hybridized carbons (Fsp3) is 0.182. The molecule has 0 aliphatic rings. The zero-order chi connectivity index (χ0) is 15.9. The highest BCUT2D eigenvalue weighted by molar-refractivity contribution is 5.14. The Bertz CT molecular complexity index is 529. The molecule has 0 heterocycles. The highest BCUT2D eigenvalue weighted by Crippen LogP contribution is 2.00. The van der Waals surface area contributed by atoms with Gasteiger partial charge in [-0.15, -0.1) is 0 Å². The van der Waals surface area contributed by atoms with E-state index in [1.165, 1.54) is 24.0 Å². The Labute approximate surface area is 135 Å². The van der Waals surface area contributed by atoms with E-state index >= 15 is 0 Å². The molecule has 0 saturated carbocycles. The summed E-state index contributed by atoms with van der Waals surface area (Å²) < 4.78 is 0. The van der Waals surface area contributed by atoms with Gasteiger partial charge in [0.2, 0.25) is 0 Å². The number of benzene rings is 3. The summed E-state index contributed by atoms with van der Waals surface area (Å²) in [6.45, 7) is 4.28. The van der Waals surface area contributed by atoms with Crippen LogP contribution in [0.5, 0.6) is 0 Å². The summed E-state index contributed by atoms with van der Waals surface area (Å²) in [5.41, 5.74) is 2.77. The maximum absolute atomic E-state index is 2.20. The number of rotatable bonds is 2. The van der Waals surface area contributed by atoms with Crippen molar-refractivity contribution in [2.45, 2.75) is 26.7 Å². The minimum absolute atomic E-state index is 1.21. The highest BCUT2D eigenvalue weighted by Gasteiger charge is 1.84. The SMILES string of the molecule is CCCc1ccccc1.Cc1ccccc1.c1ccccc1. The molecule has 0 saturated heterocycles. The van der Waals surface area contributed by atoms with Crippen molar-refractivity contribution in [3.8, 4) is 0 Å². The topological polar surface area (TPSA) is 0 Å². The van der Waals surface area contributed by atoms with Crippen LogP contribution in [0, 0.1) is 6.92 Å². The van der Waals surface area contributed by atoms with Gasteiger partial charge in [0.05, 0.1) is 0 Å². The summed E-state index contributed by atoms with van der Waals surface area (Å²) in [6.07, 6.45) is 2.45. The molecule has 0 fully saturated rings. The van der Waals surface area contributed by atoms with Crippen LogP contribution in [0.1, 0.15) is 24.5 Å². The van der Waals surface area contributed by atoms with E-state index in [1.807, 2.05) is 54.6 Å². The van der Waals surface area contributed by atoms with Crippen molar-refractivity contribution < 1.29 is 0 Å². The molecule has 0 amide bonds. The smallest absolute Gasteiger partial charge is 0.0281 e. The second kappa shape index (κ2) is 12.4. The minimum atomic E-state index is 1.21. The van der Waals surface area contributed by atoms with Gasteiger partial charge in [0.1, 0.15) is 0 Å². The maximum atomic E-state index is 2.20. The third-order valence-electron chi connectivity index (χ3n) is 2.99. The van der Waals surface area contributed by atoms with E-state index in [2.05, 4.69) is 56.3 Å². The first-order valence-electron chi connectivity index (χ1n) is 7.88. The lowest BCUT2D eigenvalue weighted by Gasteiger charge is -1.93. The van der Waals surface area contributed by atoms with Gasteiger partial charge >= 0.3 is 0 Å². The zero-order valence-electron chi connectivity index (χ0n) is 13.7. The second-order valence-corrected chi connectivity index (χ2v) is 5.04. The molecule has 0 aliphatic heterocycles. The van der Waals surface area contributed by atoms with Crippen molar-refractivity contribution in [2.24, 2.45) is 0 Å². The molecule has 0 unspecified atom stereocenters. The summed E-state index contributed by atoms with van der Waals surface area (Å²) >= 11 is 0. The Kier molecular flexibility index (Phi) is 9.99. The van der Waals surface area contributed by atoms with Crippen molar-refractivity contribution in [3.63, 3.8) is 0 Å². The standard InChI is InChI=1S/C9H12.C7H8.C6H6/c1-2-6-9-7-4-3-5-8-9;1-7-5-3-2-4-6-7;1-2-4-6-5-3-1/h3-5,7-8H,2,6H2,1H3;2-6H,1H3;1-6H. The predicted octanol–water partition coefficient (Wildman–Crippen LogP) is 6.32. The van der Waals surface area contributed by atoms with Gasteiger partial charge in [-0.2, -0.15) is 0 Å². The molecule has 0 heteroatoms. The van der Waals surface area contributed by atoms with E-state index in [9.17, 15) is 0 Å². The molecular formula is C22H26. The van der Waals surface area contributed by atoms with E-state index in [4.69, 9.17) is 0 Å². The molecule has 0 radical (unpaired) electrons. The molecule has 0 aliphatic carbocycles. The van der Waals surface area contributed by atoms with Crippen LogP contribution in [0.25, 0.3) is 0 Å². The third kappa shape index (κ3) is 9.55. The van der Waals surface area contributed by atoms with Gasteiger partial charge in [-0.3, -0.25) is 0 Å². The first-order chi connectivity index (χ1) is 10.8. The first-order valence-corrected chi connectivity index (χ1v) is 7.88. The van der Waals surface area contributed by atoms with Crippen LogP contribution in [0.2, 0.25) is 0 Å². The van der Waals surface area contributed by atoms with Crippen LogP contribution < -0.4 is 0 Å². The Morgan fingerprint density at radius 3 is 1.23 bits per heavy atom. The maximum Gasteiger partial charge on any atom is -0.0281 e.